The van der Waals surface area contributed by atoms with Gasteiger partial charge in [0.05, 0.1) is 13.2 Å². The quantitative estimate of drug-likeness (QED) is 0.426. The molecule has 0 aliphatic heterocycles. The number of hydrogen-bond acceptors (Lipinski definition) is 4. The van der Waals surface area contributed by atoms with Crippen molar-refractivity contribution in [1.29, 1.82) is 0 Å². The van der Waals surface area contributed by atoms with E-state index in [9.17, 15) is 18.0 Å². The number of anilines is 1. The Morgan fingerprint density at radius 3 is 2.50 bits per heavy atom. The Kier molecular flexibility index (Phi) is 8.79. The molecule has 162 valence electrons. The van der Waals surface area contributed by atoms with E-state index in [1.807, 2.05) is 0 Å². The Morgan fingerprint density at radius 2 is 1.87 bits per heavy atom. The van der Waals surface area contributed by atoms with Gasteiger partial charge in [0.1, 0.15) is 5.82 Å². The number of nitrogens with zero attached hydrogens (tertiary/aromatic N) is 1. The first-order valence-corrected chi connectivity index (χ1v) is 9.12. The minimum Gasteiger partial charge on any atom is -0.490 e. The predicted octanol–water partition coefficient (Wildman–Crippen LogP) is 3.13. The maximum atomic E-state index is 12.9. The minimum absolute atomic E-state index is 0.0636. The second-order valence-electron chi connectivity index (χ2n) is 5.89. The highest BCUT2D eigenvalue weighted by molar-refractivity contribution is 5.94. The highest BCUT2D eigenvalue weighted by Crippen LogP contribution is 2.32. The van der Waals surface area contributed by atoms with Crippen LogP contribution in [-0.4, -0.2) is 38.7 Å². The summed E-state index contributed by atoms with van der Waals surface area (Å²) in [5.41, 5.74) is 0.882. The molecule has 7 nitrogen and oxygen atoms in total. The molecule has 0 atom stereocenters. The number of carbonyl (C=O) groups is 1. The molecule has 0 heterocycles. The lowest BCUT2D eigenvalue weighted by Crippen LogP contribution is -2.41. The number of alkyl halides is 2. The van der Waals surface area contributed by atoms with Crippen LogP contribution < -0.4 is 25.4 Å². The lowest BCUT2D eigenvalue weighted by atomic mass is 10.2. The molecule has 0 radical (unpaired) electrons. The molecule has 0 aromatic heterocycles. The van der Waals surface area contributed by atoms with Crippen LogP contribution in [0.1, 0.15) is 12.5 Å². The van der Waals surface area contributed by atoms with Gasteiger partial charge in [-0.3, -0.25) is 9.79 Å². The Balaban J connectivity index is 1.94. The first-order chi connectivity index (χ1) is 14.4. The summed E-state index contributed by atoms with van der Waals surface area (Å²) in [5, 5.41) is 8.33. The average molecular weight is 424 g/mol. The molecule has 3 N–H and O–H groups in total. The molecule has 2 aromatic carbocycles. The van der Waals surface area contributed by atoms with E-state index in [1.54, 1.807) is 19.1 Å². The van der Waals surface area contributed by atoms with Crippen molar-refractivity contribution in [2.24, 2.45) is 4.99 Å². The van der Waals surface area contributed by atoms with Crippen LogP contribution in [0.25, 0.3) is 0 Å². The summed E-state index contributed by atoms with van der Waals surface area (Å²) in [5.74, 6) is -0.358. The molecule has 0 saturated heterocycles. The fraction of sp³-hybridized carbons (Fsp3) is 0.300. The largest absolute Gasteiger partial charge is 0.490 e. The van der Waals surface area contributed by atoms with Crippen LogP contribution in [0.4, 0.5) is 18.9 Å². The summed E-state index contributed by atoms with van der Waals surface area (Å²) in [4.78, 5) is 16.0. The van der Waals surface area contributed by atoms with Crippen LogP contribution in [0, 0.1) is 5.82 Å². The van der Waals surface area contributed by atoms with Crippen molar-refractivity contribution in [3.8, 4) is 11.5 Å². The van der Waals surface area contributed by atoms with Gasteiger partial charge in [-0.1, -0.05) is 12.1 Å². The average Bonchev–Trinajstić information content (AvgIpc) is 2.71. The van der Waals surface area contributed by atoms with E-state index in [1.165, 1.54) is 37.4 Å². The van der Waals surface area contributed by atoms with E-state index in [0.717, 1.165) is 0 Å². The number of halogens is 3. The molecule has 1 amide bonds. The van der Waals surface area contributed by atoms with Gasteiger partial charge in [0.15, 0.2) is 17.5 Å². The highest BCUT2D eigenvalue weighted by Gasteiger charge is 2.16. The summed E-state index contributed by atoms with van der Waals surface area (Å²) >= 11 is 0. The van der Waals surface area contributed by atoms with E-state index >= 15 is 0 Å². The number of benzene rings is 2. The van der Waals surface area contributed by atoms with Gasteiger partial charge >= 0.3 is 6.61 Å². The van der Waals surface area contributed by atoms with E-state index in [-0.39, 0.29) is 36.5 Å². The van der Waals surface area contributed by atoms with Gasteiger partial charge in [-0.25, -0.2) is 4.39 Å². The number of amides is 1. The molecular formula is C20H23F3N4O3. The van der Waals surface area contributed by atoms with Crippen molar-refractivity contribution in [2.75, 3.05) is 25.5 Å². The van der Waals surface area contributed by atoms with Crippen molar-refractivity contribution in [3.63, 3.8) is 0 Å². The Labute approximate surface area is 172 Å². The van der Waals surface area contributed by atoms with Gasteiger partial charge in [-0.2, -0.15) is 8.78 Å². The van der Waals surface area contributed by atoms with Crippen LogP contribution in [0.5, 0.6) is 11.5 Å². The van der Waals surface area contributed by atoms with Gasteiger partial charge in [0, 0.05) is 24.8 Å². The van der Waals surface area contributed by atoms with Gasteiger partial charge in [-0.05, 0) is 37.3 Å². The monoisotopic (exact) mass is 424 g/mol. The zero-order valence-electron chi connectivity index (χ0n) is 16.5. The molecule has 0 fully saturated rings. The molecule has 0 spiro atoms. The third kappa shape index (κ3) is 7.19. The number of carbonyl (C=O) groups excluding carboxylic acids is 1. The molecule has 0 unspecified atom stereocenters. The molecule has 0 aliphatic rings. The van der Waals surface area contributed by atoms with Crippen LogP contribution in [0.3, 0.4) is 0 Å². The van der Waals surface area contributed by atoms with Crippen LogP contribution in [-0.2, 0) is 11.3 Å². The first kappa shape index (κ1) is 22.9. The molecule has 0 bridgehead atoms. The highest BCUT2D eigenvalue weighted by atomic mass is 19.3. The summed E-state index contributed by atoms with van der Waals surface area (Å²) in [6.07, 6.45) is 0. The Bertz CT molecular complexity index is 861. The van der Waals surface area contributed by atoms with E-state index in [0.29, 0.717) is 17.9 Å². The van der Waals surface area contributed by atoms with E-state index < -0.39 is 12.4 Å². The lowest BCUT2D eigenvalue weighted by molar-refractivity contribution is -0.115. The lowest BCUT2D eigenvalue weighted by Gasteiger charge is -2.17. The maximum absolute atomic E-state index is 12.9. The van der Waals surface area contributed by atoms with Crippen molar-refractivity contribution >= 4 is 17.6 Å². The van der Waals surface area contributed by atoms with Gasteiger partial charge < -0.3 is 25.4 Å². The van der Waals surface area contributed by atoms with Crippen molar-refractivity contribution in [1.82, 2.24) is 10.6 Å². The van der Waals surface area contributed by atoms with Crippen LogP contribution in [0.15, 0.2) is 47.5 Å². The fourth-order valence-electron chi connectivity index (χ4n) is 2.49. The predicted molar refractivity (Wildman–Crippen MR) is 107 cm³/mol. The Hall–Kier alpha value is -3.43. The van der Waals surface area contributed by atoms with Gasteiger partial charge in [0.2, 0.25) is 5.91 Å². The number of guanidine groups is 1. The smallest absolute Gasteiger partial charge is 0.387 e. The van der Waals surface area contributed by atoms with Crippen molar-refractivity contribution < 1.29 is 27.4 Å². The van der Waals surface area contributed by atoms with E-state index in [4.69, 9.17) is 4.74 Å². The second-order valence-corrected chi connectivity index (χ2v) is 5.89. The number of nitrogens with one attached hydrogen (secondary N) is 3. The molecule has 0 aliphatic carbocycles. The molecular weight excluding hydrogens is 401 g/mol. The normalized spacial score (nSPS) is 11.2. The molecule has 30 heavy (non-hydrogen) atoms. The Morgan fingerprint density at radius 1 is 1.13 bits per heavy atom. The second kappa shape index (κ2) is 11.5. The fourth-order valence-corrected chi connectivity index (χ4v) is 2.49. The number of ether oxygens (including phenoxy) is 2. The van der Waals surface area contributed by atoms with E-state index in [2.05, 4.69) is 25.7 Å². The minimum atomic E-state index is -3.00. The molecule has 10 heteroatoms. The SMILES string of the molecule is CCOc1cccc(CNC(=NC)NCC(=O)Nc2ccc(F)cc2)c1OC(F)F. The standard InChI is InChI=1S/C20H23F3N4O3/c1-3-29-16-6-4-5-13(18(16)30-19(22)23)11-25-20(24-2)26-12-17(28)27-15-9-7-14(21)8-10-15/h4-10,19H,3,11-12H2,1-2H3,(H,27,28)(H2,24,25,26). The van der Waals surface area contributed by atoms with Crippen molar-refractivity contribution in [3.05, 3.63) is 53.8 Å². The summed E-state index contributed by atoms with van der Waals surface area (Å²) in [6.45, 7) is -0.987. The summed E-state index contributed by atoms with van der Waals surface area (Å²) in [6, 6.07) is 10.2. The number of para-hydroxylation sites is 1. The zero-order chi connectivity index (χ0) is 21.9. The van der Waals surface area contributed by atoms with Gasteiger partial charge in [-0.15, -0.1) is 0 Å². The third-order valence-corrected chi connectivity index (χ3v) is 3.78. The molecule has 2 rings (SSSR count). The zero-order valence-corrected chi connectivity index (χ0v) is 16.5. The third-order valence-electron chi connectivity index (χ3n) is 3.78. The van der Waals surface area contributed by atoms with Crippen LogP contribution >= 0.6 is 0 Å². The maximum Gasteiger partial charge on any atom is 0.387 e. The van der Waals surface area contributed by atoms with Crippen molar-refractivity contribution in [2.45, 2.75) is 20.1 Å². The summed E-state index contributed by atoms with van der Waals surface area (Å²) in [7, 11) is 1.50. The van der Waals surface area contributed by atoms with Crippen LogP contribution in [0.2, 0.25) is 0 Å². The first-order valence-electron chi connectivity index (χ1n) is 9.12. The molecule has 0 saturated carbocycles. The number of hydrogen-bond donors (Lipinski definition) is 3. The number of aliphatic imine (C=N–C) groups is 1. The number of rotatable bonds is 9. The topological polar surface area (TPSA) is 84.0 Å². The van der Waals surface area contributed by atoms with Gasteiger partial charge in [0.25, 0.3) is 0 Å². The molecule has 2 aromatic rings. The summed E-state index contributed by atoms with van der Waals surface area (Å²) < 4.78 is 48.5.